The quantitative estimate of drug-likeness (QED) is 0.0196. The Bertz CT molecular complexity index is 1110. The smallest absolute Gasteiger partial charge is 0.465 e. The number of esters is 2. The standard InChI is InChI=1S/C51H92N2O7/c1-5-8-11-14-16-18-19-20-21-22-23-24-26-29-32-36-49(54)58-44-48(46-60-51(56)57-42-33-37-53-40-38-52(4)39-41-53)45-59-50(55)43-47(34-30-27-13-10-7-3)35-31-28-25-17-15-12-9-6-2/h16,18,20-21,43,48H,5-15,17,19,22-42,44-46H2,1-4H3/b18-16-,21-20-,47-43+. The number of piperazine rings is 1. The molecule has 0 amide bonds. The molecule has 0 aromatic rings. The van der Waals surface area contributed by atoms with Crippen molar-refractivity contribution in [1.82, 2.24) is 9.80 Å². The van der Waals surface area contributed by atoms with Crippen molar-refractivity contribution in [2.75, 3.05) is 66.2 Å². The largest absolute Gasteiger partial charge is 0.508 e. The Balaban J connectivity index is 2.58. The highest BCUT2D eigenvalue weighted by Crippen LogP contribution is 2.19. The van der Waals surface area contributed by atoms with Crippen molar-refractivity contribution in [1.29, 1.82) is 0 Å². The number of hydrogen-bond donors (Lipinski definition) is 0. The molecule has 0 aromatic carbocycles. The molecule has 0 bridgehead atoms. The van der Waals surface area contributed by atoms with Crippen molar-refractivity contribution in [3.63, 3.8) is 0 Å². The molecule has 0 radical (unpaired) electrons. The van der Waals surface area contributed by atoms with Crippen LogP contribution < -0.4 is 0 Å². The van der Waals surface area contributed by atoms with Gasteiger partial charge >= 0.3 is 18.1 Å². The monoisotopic (exact) mass is 845 g/mol. The van der Waals surface area contributed by atoms with Crippen LogP contribution in [0.1, 0.15) is 201 Å². The van der Waals surface area contributed by atoms with Crippen LogP contribution in [0.15, 0.2) is 36.0 Å². The van der Waals surface area contributed by atoms with Gasteiger partial charge < -0.3 is 28.7 Å². The number of unbranched alkanes of at least 4 members (excludes halogenated alkanes) is 19. The van der Waals surface area contributed by atoms with Crippen LogP contribution in [0, 0.1) is 5.92 Å². The summed E-state index contributed by atoms with van der Waals surface area (Å²) < 4.78 is 22.2. The molecule has 0 spiro atoms. The molecule has 1 heterocycles. The Morgan fingerprint density at radius 3 is 1.60 bits per heavy atom. The number of likely N-dealkylation sites (N-methyl/N-ethyl adjacent to an activating group) is 1. The van der Waals surface area contributed by atoms with E-state index in [0.29, 0.717) is 6.42 Å². The zero-order chi connectivity index (χ0) is 43.6. The molecule has 1 aliphatic rings. The third kappa shape index (κ3) is 36.0. The molecule has 1 saturated heterocycles. The molecular formula is C51H92N2O7. The van der Waals surface area contributed by atoms with Gasteiger partial charge in [-0.15, -0.1) is 0 Å². The number of nitrogens with zero attached hydrogens (tertiary/aromatic N) is 2. The van der Waals surface area contributed by atoms with E-state index in [2.05, 4.69) is 61.9 Å². The van der Waals surface area contributed by atoms with E-state index in [-0.39, 0.29) is 38.4 Å². The van der Waals surface area contributed by atoms with Gasteiger partial charge in [-0.1, -0.05) is 153 Å². The SMILES string of the molecule is CCCCC/C=C\C/C=C\CCCCCCCC(=O)OCC(COC(=O)/C=C(\CCCCCCC)CCCCCCCCCC)COC(=O)OCCCN1CCN(C)CC1. The Hall–Kier alpha value is -2.65. The molecule has 348 valence electrons. The van der Waals surface area contributed by atoms with Gasteiger partial charge in [-0.05, 0) is 77.7 Å². The average Bonchev–Trinajstić information content (AvgIpc) is 3.24. The molecule has 1 fully saturated rings. The van der Waals surface area contributed by atoms with E-state index in [4.69, 9.17) is 18.9 Å². The van der Waals surface area contributed by atoms with Gasteiger partial charge in [-0.2, -0.15) is 0 Å². The highest BCUT2D eigenvalue weighted by Gasteiger charge is 2.19. The maximum absolute atomic E-state index is 13.1. The molecule has 0 saturated carbocycles. The van der Waals surface area contributed by atoms with Crippen LogP contribution in [-0.4, -0.2) is 94.1 Å². The van der Waals surface area contributed by atoms with Crippen molar-refractivity contribution in [2.45, 2.75) is 201 Å². The fraction of sp³-hybridized carbons (Fsp3) is 0.824. The normalized spacial score (nSPS) is 14.6. The lowest BCUT2D eigenvalue weighted by molar-refractivity contribution is -0.148. The molecule has 1 rings (SSSR count). The molecule has 1 atom stereocenters. The van der Waals surface area contributed by atoms with Crippen LogP contribution in [0.3, 0.4) is 0 Å². The lowest BCUT2D eigenvalue weighted by atomic mass is 9.99. The minimum atomic E-state index is -0.753. The van der Waals surface area contributed by atoms with Gasteiger partial charge in [-0.3, -0.25) is 4.79 Å². The first-order chi connectivity index (χ1) is 29.4. The zero-order valence-corrected chi connectivity index (χ0v) is 39.4. The molecule has 9 nitrogen and oxygen atoms in total. The van der Waals surface area contributed by atoms with Crippen molar-refractivity contribution in [3.8, 4) is 0 Å². The lowest BCUT2D eigenvalue weighted by Gasteiger charge is -2.32. The van der Waals surface area contributed by atoms with Gasteiger partial charge in [0.1, 0.15) is 19.8 Å². The summed E-state index contributed by atoms with van der Waals surface area (Å²) in [6.07, 6.45) is 41.2. The fourth-order valence-electron chi connectivity index (χ4n) is 7.37. The van der Waals surface area contributed by atoms with Crippen molar-refractivity contribution in [3.05, 3.63) is 36.0 Å². The predicted molar refractivity (Wildman–Crippen MR) is 249 cm³/mol. The molecule has 0 aromatic heterocycles. The third-order valence-electron chi connectivity index (χ3n) is 11.4. The van der Waals surface area contributed by atoms with Crippen LogP contribution in [-0.2, 0) is 28.5 Å². The first-order valence-corrected chi connectivity index (χ1v) is 24.9. The third-order valence-corrected chi connectivity index (χ3v) is 11.4. The molecule has 0 aliphatic carbocycles. The highest BCUT2D eigenvalue weighted by molar-refractivity contribution is 5.82. The minimum absolute atomic E-state index is 0.00925. The van der Waals surface area contributed by atoms with Gasteiger partial charge in [0.15, 0.2) is 0 Å². The Kier molecular flexibility index (Phi) is 38.5. The Labute approximate surface area is 368 Å². The van der Waals surface area contributed by atoms with E-state index >= 15 is 0 Å². The van der Waals surface area contributed by atoms with Gasteiger partial charge in [0.05, 0.1) is 12.5 Å². The summed E-state index contributed by atoms with van der Waals surface area (Å²) in [6.45, 7) is 11.9. The van der Waals surface area contributed by atoms with E-state index < -0.39 is 12.1 Å². The van der Waals surface area contributed by atoms with Crippen LogP contribution in [0.5, 0.6) is 0 Å². The van der Waals surface area contributed by atoms with Crippen LogP contribution >= 0.6 is 0 Å². The molecule has 9 heteroatoms. The second-order valence-corrected chi connectivity index (χ2v) is 17.3. The summed E-state index contributed by atoms with van der Waals surface area (Å²) in [4.78, 5) is 43.1. The van der Waals surface area contributed by atoms with Crippen LogP contribution in [0.2, 0.25) is 0 Å². The average molecular weight is 845 g/mol. The minimum Gasteiger partial charge on any atom is -0.465 e. The van der Waals surface area contributed by atoms with Crippen molar-refractivity contribution >= 4 is 18.1 Å². The van der Waals surface area contributed by atoms with E-state index in [0.717, 1.165) is 115 Å². The number of carbonyl (C=O) groups excluding carboxylic acids is 3. The number of allylic oxidation sites excluding steroid dienone is 5. The van der Waals surface area contributed by atoms with E-state index in [1.165, 1.54) is 96.3 Å². The number of ether oxygens (including phenoxy) is 4. The summed E-state index contributed by atoms with van der Waals surface area (Å²) in [5, 5.41) is 0. The van der Waals surface area contributed by atoms with E-state index in [9.17, 15) is 14.4 Å². The molecule has 1 aliphatic heterocycles. The maximum Gasteiger partial charge on any atom is 0.508 e. The van der Waals surface area contributed by atoms with Crippen molar-refractivity contribution in [2.24, 2.45) is 5.92 Å². The summed E-state index contributed by atoms with van der Waals surface area (Å²) in [5.74, 6) is -1.15. The van der Waals surface area contributed by atoms with Gasteiger partial charge in [0, 0.05) is 45.2 Å². The van der Waals surface area contributed by atoms with Crippen molar-refractivity contribution < 1.29 is 33.3 Å². The van der Waals surface area contributed by atoms with E-state index in [1.54, 1.807) is 6.08 Å². The van der Waals surface area contributed by atoms with E-state index in [1.807, 2.05) is 0 Å². The van der Waals surface area contributed by atoms with Crippen LogP contribution in [0.4, 0.5) is 4.79 Å². The summed E-state index contributed by atoms with van der Waals surface area (Å²) in [7, 11) is 2.13. The number of hydrogen-bond acceptors (Lipinski definition) is 9. The first kappa shape index (κ1) is 55.4. The molecule has 60 heavy (non-hydrogen) atoms. The number of rotatable bonds is 40. The maximum atomic E-state index is 13.1. The fourth-order valence-corrected chi connectivity index (χ4v) is 7.37. The van der Waals surface area contributed by atoms with Crippen LogP contribution in [0.25, 0.3) is 0 Å². The van der Waals surface area contributed by atoms with Gasteiger partial charge in [0.25, 0.3) is 0 Å². The number of carbonyl (C=O) groups is 3. The first-order valence-electron chi connectivity index (χ1n) is 24.9. The summed E-state index contributed by atoms with van der Waals surface area (Å²) in [5.41, 5.74) is 1.15. The predicted octanol–water partition coefficient (Wildman–Crippen LogP) is 13.1. The lowest BCUT2D eigenvalue weighted by Crippen LogP contribution is -2.44. The zero-order valence-electron chi connectivity index (χ0n) is 39.4. The van der Waals surface area contributed by atoms with Gasteiger partial charge in [0.2, 0.25) is 0 Å². The Morgan fingerprint density at radius 1 is 0.517 bits per heavy atom. The molecule has 0 N–H and O–H groups in total. The second-order valence-electron chi connectivity index (χ2n) is 17.3. The topological polar surface area (TPSA) is 94.6 Å². The highest BCUT2D eigenvalue weighted by atomic mass is 16.7. The Morgan fingerprint density at radius 2 is 1.00 bits per heavy atom. The molecule has 1 unspecified atom stereocenters. The molecular weight excluding hydrogens is 753 g/mol. The second kappa shape index (κ2) is 41.7. The van der Waals surface area contributed by atoms with Gasteiger partial charge in [-0.25, -0.2) is 9.59 Å². The summed E-state index contributed by atoms with van der Waals surface area (Å²) >= 11 is 0. The summed E-state index contributed by atoms with van der Waals surface area (Å²) in [6, 6.07) is 0.